The molecule has 1 heterocycles. The molecule has 1 aromatic heterocycles. The zero-order valence-corrected chi connectivity index (χ0v) is 13.0. The molecule has 1 aromatic carbocycles. The van der Waals surface area contributed by atoms with E-state index in [0.29, 0.717) is 0 Å². The molecule has 0 unspecified atom stereocenters. The number of pyridine rings is 1. The minimum absolute atomic E-state index is 0.0444. The number of hydrogen-bond acceptors (Lipinski definition) is 2. The van der Waals surface area contributed by atoms with Crippen LogP contribution >= 0.6 is 11.6 Å². The van der Waals surface area contributed by atoms with Crippen LogP contribution in [0.15, 0.2) is 18.2 Å². The van der Waals surface area contributed by atoms with E-state index in [1.165, 1.54) is 5.56 Å². The van der Waals surface area contributed by atoms with Gasteiger partial charge >= 0.3 is 0 Å². The summed E-state index contributed by atoms with van der Waals surface area (Å²) in [4.78, 5) is 4.84. The van der Waals surface area contributed by atoms with Gasteiger partial charge in [-0.3, -0.25) is 4.98 Å². The standard InChI is InChI=1S/C16H21ClN2/c1-10-6-12(17)8-13-11(9-18-5)7-14(16(2,3)4)19-15(10)13/h6-8,18H,9H2,1-5H3. The lowest BCUT2D eigenvalue weighted by atomic mass is 9.89. The van der Waals surface area contributed by atoms with Gasteiger partial charge in [-0.25, -0.2) is 0 Å². The van der Waals surface area contributed by atoms with Gasteiger partial charge in [0.05, 0.1) is 5.52 Å². The fourth-order valence-electron chi connectivity index (χ4n) is 2.25. The number of fused-ring (bicyclic) bond motifs is 1. The van der Waals surface area contributed by atoms with E-state index >= 15 is 0 Å². The van der Waals surface area contributed by atoms with Crippen molar-refractivity contribution in [1.29, 1.82) is 0 Å². The Bertz CT molecular complexity index is 612. The summed E-state index contributed by atoms with van der Waals surface area (Å²) in [6, 6.07) is 6.18. The molecular weight excluding hydrogens is 256 g/mol. The first-order chi connectivity index (χ1) is 8.82. The lowest BCUT2D eigenvalue weighted by Gasteiger charge is -2.21. The van der Waals surface area contributed by atoms with Crippen LogP contribution in [0.25, 0.3) is 10.9 Å². The van der Waals surface area contributed by atoms with E-state index in [1.807, 2.05) is 19.2 Å². The number of nitrogens with zero attached hydrogens (tertiary/aromatic N) is 1. The third kappa shape index (κ3) is 2.90. The van der Waals surface area contributed by atoms with E-state index in [4.69, 9.17) is 16.6 Å². The first kappa shape index (κ1) is 14.3. The number of aryl methyl sites for hydroxylation is 1. The molecule has 0 bridgehead atoms. The molecule has 0 aliphatic carbocycles. The highest BCUT2D eigenvalue weighted by Crippen LogP contribution is 2.29. The van der Waals surface area contributed by atoms with Crippen molar-refractivity contribution in [3.8, 4) is 0 Å². The molecule has 0 fully saturated rings. The number of rotatable bonds is 2. The summed E-state index contributed by atoms with van der Waals surface area (Å²) >= 11 is 6.18. The maximum atomic E-state index is 6.18. The number of halogens is 1. The molecule has 0 saturated carbocycles. The Hall–Kier alpha value is -1.12. The molecular formula is C16H21ClN2. The van der Waals surface area contributed by atoms with Gasteiger partial charge in [-0.05, 0) is 43.3 Å². The van der Waals surface area contributed by atoms with Gasteiger partial charge in [-0.1, -0.05) is 32.4 Å². The van der Waals surface area contributed by atoms with Crippen molar-refractivity contribution in [3.05, 3.63) is 40.0 Å². The van der Waals surface area contributed by atoms with E-state index in [0.717, 1.165) is 33.7 Å². The largest absolute Gasteiger partial charge is 0.316 e. The fourth-order valence-corrected chi connectivity index (χ4v) is 2.52. The predicted octanol–water partition coefficient (Wildman–Crippen LogP) is 4.21. The number of nitrogens with one attached hydrogen (secondary N) is 1. The average molecular weight is 277 g/mol. The fraction of sp³-hybridized carbons (Fsp3) is 0.438. The second-order valence-electron chi connectivity index (χ2n) is 6.07. The highest BCUT2D eigenvalue weighted by atomic mass is 35.5. The van der Waals surface area contributed by atoms with Gasteiger partial charge in [0.2, 0.25) is 0 Å². The summed E-state index contributed by atoms with van der Waals surface area (Å²) < 4.78 is 0. The number of benzene rings is 1. The number of hydrogen-bond donors (Lipinski definition) is 1. The Kier molecular flexibility index (Phi) is 3.84. The SMILES string of the molecule is CNCc1cc(C(C)(C)C)nc2c(C)cc(Cl)cc12. The molecule has 0 radical (unpaired) electrons. The Morgan fingerprint density at radius 2 is 1.89 bits per heavy atom. The Morgan fingerprint density at radius 1 is 1.21 bits per heavy atom. The Labute approximate surface area is 120 Å². The van der Waals surface area contributed by atoms with Crippen molar-refractivity contribution in [3.63, 3.8) is 0 Å². The van der Waals surface area contributed by atoms with Gasteiger partial charge in [-0.2, -0.15) is 0 Å². The first-order valence-corrected chi connectivity index (χ1v) is 6.95. The van der Waals surface area contributed by atoms with E-state index < -0.39 is 0 Å². The summed E-state index contributed by atoms with van der Waals surface area (Å²) in [5.41, 5.74) is 4.61. The molecule has 0 aliphatic heterocycles. The quantitative estimate of drug-likeness (QED) is 0.889. The maximum absolute atomic E-state index is 6.18. The van der Waals surface area contributed by atoms with Crippen LogP contribution < -0.4 is 5.32 Å². The van der Waals surface area contributed by atoms with Crippen molar-refractivity contribution < 1.29 is 0 Å². The normalized spacial score (nSPS) is 12.1. The Balaban J connectivity index is 2.79. The van der Waals surface area contributed by atoms with Crippen molar-refractivity contribution in [2.45, 2.75) is 39.7 Å². The molecule has 1 N–H and O–H groups in total. The molecule has 0 saturated heterocycles. The highest BCUT2D eigenvalue weighted by Gasteiger charge is 2.18. The Morgan fingerprint density at radius 3 is 2.47 bits per heavy atom. The summed E-state index contributed by atoms with van der Waals surface area (Å²) in [6.45, 7) is 9.46. The third-order valence-electron chi connectivity index (χ3n) is 3.29. The van der Waals surface area contributed by atoms with Crippen LogP contribution in [0.1, 0.15) is 37.6 Å². The summed E-state index contributed by atoms with van der Waals surface area (Å²) in [6.07, 6.45) is 0. The van der Waals surface area contributed by atoms with Crippen molar-refractivity contribution >= 4 is 22.5 Å². The van der Waals surface area contributed by atoms with Crippen LogP contribution in [0.2, 0.25) is 5.02 Å². The van der Waals surface area contributed by atoms with Crippen LogP contribution in [-0.2, 0) is 12.0 Å². The topological polar surface area (TPSA) is 24.9 Å². The molecule has 0 atom stereocenters. The predicted molar refractivity (Wildman–Crippen MR) is 83.0 cm³/mol. The minimum atomic E-state index is 0.0444. The minimum Gasteiger partial charge on any atom is -0.316 e. The zero-order valence-electron chi connectivity index (χ0n) is 12.3. The summed E-state index contributed by atoms with van der Waals surface area (Å²) in [5.74, 6) is 0. The van der Waals surface area contributed by atoms with Crippen LogP contribution in [0, 0.1) is 6.92 Å². The third-order valence-corrected chi connectivity index (χ3v) is 3.51. The van der Waals surface area contributed by atoms with Crippen LogP contribution in [0.3, 0.4) is 0 Å². The number of aromatic nitrogens is 1. The van der Waals surface area contributed by atoms with Gasteiger partial charge in [0, 0.05) is 28.1 Å². The van der Waals surface area contributed by atoms with E-state index in [1.54, 1.807) is 0 Å². The van der Waals surface area contributed by atoms with Crippen LogP contribution in [0.5, 0.6) is 0 Å². The van der Waals surface area contributed by atoms with Gasteiger partial charge < -0.3 is 5.32 Å². The van der Waals surface area contributed by atoms with Crippen molar-refractivity contribution in [2.75, 3.05) is 7.05 Å². The second kappa shape index (κ2) is 5.10. The van der Waals surface area contributed by atoms with Gasteiger partial charge in [0.25, 0.3) is 0 Å². The first-order valence-electron chi connectivity index (χ1n) is 6.58. The van der Waals surface area contributed by atoms with Crippen molar-refractivity contribution in [1.82, 2.24) is 10.3 Å². The van der Waals surface area contributed by atoms with Gasteiger partial charge in [0.1, 0.15) is 0 Å². The molecule has 0 aliphatic rings. The molecule has 19 heavy (non-hydrogen) atoms. The highest BCUT2D eigenvalue weighted by molar-refractivity contribution is 6.31. The second-order valence-corrected chi connectivity index (χ2v) is 6.50. The smallest absolute Gasteiger partial charge is 0.0738 e. The molecule has 0 spiro atoms. The molecule has 102 valence electrons. The van der Waals surface area contributed by atoms with E-state index in [2.05, 4.69) is 39.1 Å². The lowest BCUT2D eigenvalue weighted by Crippen LogP contribution is -2.16. The molecule has 2 rings (SSSR count). The molecule has 3 heteroatoms. The summed E-state index contributed by atoms with van der Waals surface area (Å²) in [5, 5.41) is 5.14. The maximum Gasteiger partial charge on any atom is 0.0738 e. The van der Waals surface area contributed by atoms with Crippen LogP contribution in [-0.4, -0.2) is 12.0 Å². The zero-order chi connectivity index (χ0) is 14.2. The average Bonchev–Trinajstić information content (AvgIpc) is 2.28. The van der Waals surface area contributed by atoms with Gasteiger partial charge in [0.15, 0.2) is 0 Å². The lowest BCUT2D eigenvalue weighted by molar-refractivity contribution is 0.570. The summed E-state index contributed by atoms with van der Waals surface area (Å²) in [7, 11) is 1.96. The van der Waals surface area contributed by atoms with Crippen LogP contribution in [0.4, 0.5) is 0 Å². The van der Waals surface area contributed by atoms with E-state index in [9.17, 15) is 0 Å². The monoisotopic (exact) mass is 276 g/mol. The van der Waals surface area contributed by atoms with Crippen molar-refractivity contribution in [2.24, 2.45) is 0 Å². The molecule has 2 aromatic rings. The van der Waals surface area contributed by atoms with Gasteiger partial charge in [-0.15, -0.1) is 0 Å². The molecule has 0 amide bonds. The van der Waals surface area contributed by atoms with E-state index in [-0.39, 0.29) is 5.41 Å². The molecule has 2 nitrogen and oxygen atoms in total.